The van der Waals surface area contributed by atoms with Crippen molar-refractivity contribution in [2.45, 2.75) is 6.92 Å². The summed E-state index contributed by atoms with van der Waals surface area (Å²) >= 11 is 0. The van der Waals surface area contributed by atoms with Crippen LogP contribution in [0.3, 0.4) is 0 Å². The van der Waals surface area contributed by atoms with Crippen molar-refractivity contribution in [1.82, 2.24) is 0 Å². The molecule has 0 unspecified atom stereocenters. The Hall–Kier alpha value is -1.50. The maximum Gasteiger partial charge on any atom is 0.229 e. The molecule has 0 atom stereocenters. The molecule has 0 aliphatic heterocycles. The highest BCUT2D eigenvalue weighted by Gasteiger charge is 2.15. The normalized spacial score (nSPS) is 11.2. The molecular formula is C9H9F2NO3S. The Bertz CT molecular complexity index is 540. The van der Waals surface area contributed by atoms with Crippen molar-refractivity contribution in [1.29, 1.82) is 0 Å². The van der Waals surface area contributed by atoms with E-state index in [2.05, 4.69) is 0 Å². The number of sulfonamides is 1. The number of nitrogens with one attached hydrogen (secondary N) is 1. The minimum atomic E-state index is -3.69. The van der Waals surface area contributed by atoms with E-state index in [1.807, 2.05) is 0 Å². The van der Waals surface area contributed by atoms with Crippen LogP contribution >= 0.6 is 0 Å². The maximum absolute atomic E-state index is 13.3. The summed E-state index contributed by atoms with van der Waals surface area (Å²) in [5, 5.41) is 0. The molecule has 0 aromatic heterocycles. The Morgan fingerprint density at radius 3 is 2.25 bits per heavy atom. The lowest BCUT2D eigenvalue weighted by atomic mass is 10.1. The Kier molecular flexibility index (Phi) is 3.27. The summed E-state index contributed by atoms with van der Waals surface area (Å²) in [4.78, 5) is 10.9. The standard InChI is InChI=1S/C9H9F2NO3S/c1-5(13)6-3-8(11)9(4-7(6)10)12-16(2,14)15/h3-4,12H,1-2H3. The predicted molar refractivity (Wildman–Crippen MR) is 54.8 cm³/mol. The molecule has 1 N–H and O–H groups in total. The van der Waals surface area contributed by atoms with E-state index in [1.54, 1.807) is 4.72 Å². The van der Waals surface area contributed by atoms with E-state index in [4.69, 9.17) is 0 Å². The van der Waals surface area contributed by atoms with Gasteiger partial charge in [0.25, 0.3) is 0 Å². The molecule has 0 bridgehead atoms. The van der Waals surface area contributed by atoms with Crippen LogP contribution in [-0.4, -0.2) is 20.5 Å². The molecule has 0 saturated carbocycles. The molecule has 0 fully saturated rings. The van der Waals surface area contributed by atoms with Gasteiger partial charge in [-0.05, 0) is 13.0 Å². The van der Waals surface area contributed by atoms with Gasteiger partial charge < -0.3 is 0 Å². The van der Waals surface area contributed by atoms with Crippen LogP contribution in [0.15, 0.2) is 12.1 Å². The lowest BCUT2D eigenvalue weighted by Crippen LogP contribution is -2.12. The minimum absolute atomic E-state index is 0.420. The van der Waals surface area contributed by atoms with E-state index < -0.39 is 38.7 Å². The number of ketones is 1. The average Bonchev–Trinajstić information content (AvgIpc) is 2.07. The summed E-state index contributed by atoms with van der Waals surface area (Å²) in [7, 11) is -3.69. The van der Waals surface area contributed by atoms with Crippen LogP contribution in [0.2, 0.25) is 0 Å². The van der Waals surface area contributed by atoms with Gasteiger partial charge in [0.05, 0.1) is 17.5 Å². The number of hydrogen-bond acceptors (Lipinski definition) is 3. The first-order chi connectivity index (χ1) is 7.20. The number of Topliss-reactive ketones (excluding diaryl/α,β-unsaturated/α-hetero) is 1. The van der Waals surface area contributed by atoms with E-state index >= 15 is 0 Å². The molecule has 0 radical (unpaired) electrons. The second kappa shape index (κ2) is 4.17. The van der Waals surface area contributed by atoms with Gasteiger partial charge in [0.1, 0.15) is 11.6 Å². The fraction of sp³-hybridized carbons (Fsp3) is 0.222. The second-order valence-electron chi connectivity index (χ2n) is 3.24. The van der Waals surface area contributed by atoms with Crippen LogP contribution in [0.5, 0.6) is 0 Å². The number of benzene rings is 1. The predicted octanol–water partition coefficient (Wildman–Crippen LogP) is 1.54. The molecule has 1 rings (SSSR count). The Morgan fingerprint density at radius 1 is 1.25 bits per heavy atom. The number of hydrogen-bond donors (Lipinski definition) is 1. The smallest absolute Gasteiger partial charge is 0.229 e. The number of halogens is 2. The molecule has 0 saturated heterocycles. The lowest BCUT2D eigenvalue weighted by molar-refractivity contribution is 0.101. The van der Waals surface area contributed by atoms with E-state index in [0.29, 0.717) is 12.1 Å². The van der Waals surface area contributed by atoms with Gasteiger partial charge in [0.15, 0.2) is 5.78 Å². The van der Waals surface area contributed by atoms with Gasteiger partial charge in [-0.25, -0.2) is 17.2 Å². The zero-order valence-corrected chi connectivity index (χ0v) is 9.36. The second-order valence-corrected chi connectivity index (χ2v) is 4.99. The Labute approximate surface area is 91.3 Å². The monoisotopic (exact) mass is 249 g/mol. The number of carbonyl (C=O) groups excluding carboxylic acids is 1. The highest BCUT2D eigenvalue weighted by molar-refractivity contribution is 7.92. The van der Waals surface area contributed by atoms with Crippen LogP contribution in [-0.2, 0) is 10.0 Å². The summed E-state index contributed by atoms with van der Waals surface area (Å²) < 4.78 is 49.9. The first kappa shape index (κ1) is 12.6. The van der Waals surface area contributed by atoms with Crippen molar-refractivity contribution in [3.63, 3.8) is 0 Å². The van der Waals surface area contributed by atoms with Crippen molar-refractivity contribution in [3.05, 3.63) is 29.3 Å². The van der Waals surface area contributed by atoms with Crippen LogP contribution in [0.25, 0.3) is 0 Å². The topological polar surface area (TPSA) is 63.2 Å². The summed E-state index contributed by atoms with van der Waals surface area (Å²) in [5.41, 5.74) is -0.943. The molecule has 0 heterocycles. The van der Waals surface area contributed by atoms with Crippen LogP contribution in [0, 0.1) is 11.6 Å². The fourth-order valence-corrected chi connectivity index (χ4v) is 1.65. The fourth-order valence-electron chi connectivity index (χ4n) is 1.09. The van der Waals surface area contributed by atoms with Gasteiger partial charge in [0, 0.05) is 6.07 Å². The molecule has 0 amide bonds. The molecule has 0 spiro atoms. The third-order valence-corrected chi connectivity index (χ3v) is 2.32. The summed E-state index contributed by atoms with van der Waals surface area (Å²) in [6.45, 7) is 1.08. The molecule has 0 aliphatic carbocycles. The Morgan fingerprint density at radius 2 is 1.81 bits per heavy atom. The minimum Gasteiger partial charge on any atom is -0.294 e. The quantitative estimate of drug-likeness (QED) is 0.826. The highest BCUT2D eigenvalue weighted by Crippen LogP contribution is 2.20. The van der Waals surface area contributed by atoms with Gasteiger partial charge in [0.2, 0.25) is 10.0 Å². The molecule has 16 heavy (non-hydrogen) atoms. The van der Waals surface area contributed by atoms with Crippen molar-refractivity contribution in [2.24, 2.45) is 0 Å². The molecule has 1 aromatic carbocycles. The summed E-state index contributed by atoms with van der Waals surface area (Å²) in [5.74, 6) is -2.61. The summed E-state index contributed by atoms with van der Waals surface area (Å²) in [6.07, 6.45) is 0.809. The van der Waals surface area contributed by atoms with Crippen molar-refractivity contribution in [3.8, 4) is 0 Å². The van der Waals surface area contributed by atoms with Crippen LogP contribution in [0.1, 0.15) is 17.3 Å². The van der Waals surface area contributed by atoms with E-state index in [1.165, 1.54) is 0 Å². The SMILES string of the molecule is CC(=O)c1cc(F)c(NS(C)(=O)=O)cc1F. The third kappa shape index (κ3) is 2.99. The average molecular weight is 249 g/mol. The zero-order chi connectivity index (χ0) is 12.5. The molecule has 0 aliphatic rings. The number of carbonyl (C=O) groups is 1. The van der Waals surface area contributed by atoms with E-state index in [9.17, 15) is 22.0 Å². The number of rotatable bonds is 3. The Balaban J connectivity index is 3.26. The van der Waals surface area contributed by atoms with Crippen LogP contribution < -0.4 is 4.72 Å². The lowest BCUT2D eigenvalue weighted by Gasteiger charge is -2.07. The van der Waals surface area contributed by atoms with Crippen molar-refractivity contribution < 1.29 is 22.0 Å². The highest BCUT2D eigenvalue weighted by atomic mass is 32.2. The molecule has 7 heteroatoms. The first-order valence-electron chi connectivity index (χ1n) is 4.18. The third-order valence-electron chi connectivity index (χ3n) is 1.73. The van der Waals surface area contributed by atoms with Gasteiger partial charge in [-0.2, -0.15) is 0 Å². The first-order valence-corrected chi connectivity index (χ1v) is 6.07. The van der Waals surface area contributed by atoms with Gasteiger partial charge >= 0.3 is 0 Å². The van der Waals surface area contributed by atoms with Crippen molar-refractivity contribution in [2.75, 3.05) is 11.0 Å². The maximum atomic E-state index is 13.3. The van der Waals surface area contributed by atoms with E-state index in [0.717, 1.165) is 13.2 Å². The van der Waals surface area contributed by atoms with Gasteiger partial charge in [-0.15, -0.1) is 0 Å². The largest absolute Gasteiger partial charge is 0.294 e. The molecular weight excluding hydrogens is 240 g/mol. The molecule has 1 aromatic rings. The summed E-state index contributed by atoms with van der Waals surface area (Å²) in [6, 6.07) is 1.29. The van der Waals surface area contributed by atoms with Crippen molar-refractivity contribution >= 4 is 21.5 Å². The van der Waals surface area contributed by atoms with Gasteiger partial charge in [-0.3, -0.25) is 9.52 Å². The molecule has 4 nitrogen and oxygen atoms in total. The zero-order valence-electron chi connectivity index (χ0n) is 8.54. The molecule has 88 valence electrons. The van der Waals surface area contributed by atoms with Crippen LogP contribution in [0.4, 0.5) is 14.5 Å². The van der Waals surface area contributed by atoms with Gasteiger partial charge in [-0.1, -0.05) is 0 Å². The van der Waals surface area contributed by atoms with E-state index in [-0.39, 0.29) is 0 Å². The number of anilines is 1.